The first-order valence-corrected chi connectivity index (χ1v) is 13.1. The number of amides is 1. The van der Waals surface area contributed by atoms with Crippen molar-refractivity contribution in [3.05, 3.63) is 46.7 Å². The van der Waals surface area contributed by atoms with Crippen molar-refractivity contribution in [2.75, 3.05) is 12.8 Å². The van der Waals surface area contributed by atoms with Gasteiger partial charge in [-0.3, -0.25) is 4.90 Å². The summed E-state index contributed by atoms with van der Waals surface area (Å²) in [6, 6.07) is 9.24. The van der Waals surface area contributed by atoms with Gasteiger partial charge in [0.25, 0.3) is 0 Å². The zero-order chi connectivity index (χ0) is 23.1. The van der Waals surface area contributed by atoms with Crippen LogP contribution >= 0.6 is 11.3 Å². The second-order valence-corrected chi connectivity index (χ2v) is 11.9. The van der Waals surface area contributed by atoms with Gasteiger partial charge in [-0.25, -0.2) is 28.2 Å². The van der Waals surface area contributed by atoms with Gasteiger partial charge in [0.1, 0.15) is 27.8 Å². The molecular weight excluding hydrogens is 448 g/mol. The third kappa shape index (κ3) is 4.61. The largest absolute Gasteiger partial charge is 0.445 e. The summed E-state index contributed by atoms with van der Waals surface area (Å²) in [6.07, 6.45) is 2.27. The van der Waals surface area contributed by atoms with Crippen molar-refractivity contribution >= 4 is 37.6 Å². The molecule has 170 valence electrons. The lowest BCUT2D eigenvalue weighted by Crippen LogP contribution is -2.31. The first-order chi connectivity index (χ1) is 15.0. The van der Waals surface area contributed by atoms with E-state index < -0.39 is 21.3 Å². The van der Waals surface area contributed by atoms with Gasteiger partial charge in [0.15, 0.2) is 14.9 Å². The lowest BCUT2D eigenvalue weighted by Gasteiger charge is -2.22. The molecule has 8 nitrogen and oxygen atoms in total. The van der Waals surface area contributed by atoms with Crippen LogP contribution < -0.4 is 0 Å². The van der Waals surface area contributed by atoms with Gasteiger partial charge in [-0.1, -0.05) is 62.4 Å². The molecule has 0 spiro atoms. The van der Waals surface area contributed by atoms with Gasteiger partial charge in [-0.15, -0.1) is 0 Å². The maximum atomic E-state index is 12.8. The summed E-state index contributed by atoms with van der Waals surface area (Å²) in [6.45, 7) is 6.56. The quantitative estimate of drug-likeness (QED) is 0.521. The van der Waals surface area contributed by atoms with Gasteiger partial charge in [0.2, 0.25) is 0 Å². The van der Waals surface area contributed by atoms with Crippen LogP contribution in [0.15, 0.2) is 35.4 Å². The molecule has 32 heavy (non-hydrogen) atoms. The van der Waals surface area contributed by atoms with Crippen LogP contribution in [0.3, 0.4) is 0 Å². The van der Waals surface area contributed by atoms with E-state index in [2.05, 4.69) is 15.0 Å². The molecule has 0 bridgehead atoms. The smallest absolute Gasteiger partial charge is 0.410 e. The second-order valence-electron chi connectivity index (χ2n) is 8.97. The number of rotatable bonds is 4. The van der Waals surface area contributed by atoms with E-state index in [1.807, 2.05) is 51.1 Å². The Morgan fingerprint density at radius 1 is 1.19 bits per heavy atom. The monoisotopic (exact) mass is 474 g/mol. The number of carbonyl (C=O) groups is 1. The van der Waals surface area contributed by atoms with Crippen LogP contribution in [0.2, 0.25) is 0 Å². The standard InChI is InChI=1S/C22H26N4O4S2/c1-22(2,3)20-24-18-16(19(25-20)32(4,28)29)23-17(31-18)15-11-8-12-26(15)21(27)30-13-14-9-6-5-7-10-14/h5-7,9-10,15H,8,11-13H2,1-4H3/t15-/m1/s1. The van der Waals surface area contributed by atoms with Crippen molar-refractivity contribution < 1.29 is 17.9 Å². The number of fused-ring (bicyclic) bond motifs is 1. The molecule has 1 amide bonds. The Hall–Kier alpha value is -2.59. The molecule has 3 heterocycles. The fourth-order valence-corrected chi connectivity index (χ4v) is 5.49. The Morgan fingerprint density at radius 3 is 2.56 bits per heavy atom. The minimum Gasteiger partial charge on any atom is -0.445 e. The van der Waals surface area contributed by atoms with Crippen molar-refractivity contribution in [3.8, 4) is 0 Å². The van der Waals surface area contributed by atoms with Gasteiger partial charge in [0, 0.05) is 18.2 Å². The molecule has 3 aromatic rings. The number of aromatic nitrogens is 3. The van der Waals surface area contributed by atoms with Gasteiger partial charge in [0.05, 0.1) is 6.04 Å². The Kier molecular flexibility index (Phi) is 5.93. The summed E-state index contributed by atoms with van der Waals surface area (Å²) in [7, 11) is -3.60. The van der Waals surface area contributed by atoms with Crippen molar-refractivity contribution in [3.63, 3.8) is 0 Å². The summed E-state index contributed by atoms with van der Waals surface area (Å²) >= 11 is 1.31. The molecule has 2 aromatic heterocycles. The lowest BCUT2D eigenvalue weighted by molar-refractivity contribution is 0.0920. The highest BCUT2D eigenvalue weighted by molar-refractivity contribution is 7.90. The van der Waals surface area contributed by atoms with Crippen LogP contribution in [-0.2, 0) is 26.6 Å². The Bertz CT molecular complexity index is 1250. The number of carbonyl (C=O) groups excluding carboxylic acids is 1. The summed E-state index contributed by atoms with van der Waals surface area (Å²) in [5.74, 6) is 0.450. The highest BCUT2D eigenvalue weighted by Gasteiger charge is 2.35. The zero-order valence-electron chi connectivity index (χ0n) is 18.5. The maximum Gasteiger partial charge on any atom is 0.410 e. The molecular formula is C22H26N4O4S2. The summed E-state index contributed by atoms with van der Waals surface area (Å²) in [5, 5.41) is 0.588. The van der Waals surface area contributed by atoms with Crippen LogP contribution in [0.5, 0.6) is 0 Å². The summed E-state index contributed by atoms with van der Waals surface area (Å²) in [4.78, 5) is 28.5. The van der Waals surface area contributed by atoms with Gasteiger partial charge in [-0.2, -0.15) is 0 Å². The second kappa shape index (κ2) is 8.40. The molecule has 10 heteroatoms. The first kappa shape index (κ1) is 22.6. The maximum absolute atomic E-state index is 12.8. The number of hydrogen-bond donors (Lipinski definition) is 0. The minimum atomic E-state index is -3.60. The molecule has 1 atom stereocenters. The van der Waals surface area contributed by atoms with Crippen LogP contribution in [0, 0.1) is 0 Å². The normalized spacial score (nSPS) is 17.1. The van der Waals surface area contributed by atoms with Crippen LogP contribution in [0.1, 0.15) is 56.1 Å². The topological polar surface area (TPSA) is 102 Å². The van der Waals surface area contributed by atoms with E-state index in [-0.39, 0.29) is 23.2 Å². The molecule has 0 unspecified atom stereocenters. The van der Waals surface area contributed by atoms with E-state index in [4.69, 9.17) is 4.74 Å². The van der Waals surface area contributed by atoms with E-state index in [9.17, 15) is 13.2 Å². The molecule has 1 aromatic carbocycles. The summed E-state index contributed by atoms with van der Waals surface area (Å²) in [5.41, 5.74) is 0.766. The molecule has 1 aliphatic heterocycles. The number of sulfone groups is 1. The van der Waals surface area contributed by atoms with Crippen molar-refractivity contribution in [1.29, 1.82) is 0 Å². The van der Waals surface area contributed by atoms with E-state index in [0.717, 1.165) is 24.7 Å². The molecule has 0 saturated carbocycles. The molecule has 1 aliphatic rings. The molecule has 0 N–H and O–H groups in total. The number of hydrogen-bond acceptors (Lipinski definition) is 8. The average molecular weight is 475 g/mol. The minimum absolute atomic E-state index is 0.0638. The molecule has 0 aliphatic carbocycles. The van der Waals surface area contributed by atoms with Crippen LogP contribution in [0.25, 0.3) is 10.3 Å². The predicted molar refractivity (Wildman–Crippen MR) is 122 cm³/mol. The fraction of sp³-hybridized carbons (Fsp3) is 0.455. The van der Waals surface area contributed by atoms with Crippen molar-refractivity contribution in [2.45, 2.75) is 56.7 Å². The molecule has 1 fully saturated rings. The highest BCUT2D eigenvalue weighted by atomic mass is 32.2. The van der Waals surface area contributed by atoms with E-state index >= 15 is 0 Å². The summed E-state index contributed by atoms with van der Waals surface area (Å²) < 4.78 is 30.4. The molecule has 1 saturated heterocycles. The van der Waals surface area contributed by atoms with Gasteiger partial charge < -0.3 is 4.74 Å². The SMILES string of the molecule is CC(C)(C)c1nc(S(C)(=O)=O)c2nc([C@H]3CCCN3C(=O)OCc3ccccc3)sc2n1. The Balaban J connectivity index is 1.65. The number of likely N-dealkylation sites (tertiary alicyclic amines) is 1. The van der Waals surface area contributed by atoms with Gasteiger partial charge in [-0.05, 0) is 18.4 Å². The Morgan fingerprint density at radius 2 is 1.91 bits per heavy atom. The highest BCUT2D eigenvalue weighted by Crippen LogP contribution is 2.38. The van der Waals surface area contributed by atoms with Gasteiger partial charge >= 0.3 is 6.09 Å². The van der Waals surface area contributed by atoms with Crippen molar-refractivity contribution in [2.24, 2.45) is 0 Å². The van der Waals surface area contributed by atoms with Crippen molar-refractivity contribution in [1.82, 2.24) is 19.9 Å². The zero-order valence-corrected chi connectivity index (χ0v) is 20.2. The fourth-order valence-electron chi connectivity index (χ4n) is 3.59. The molecule has 0 radical (unpaired) electrons. The molecule has 4 rings (SSSR count). The van der Waals surface area contributed by atoms with E-state index in [0.29, 0.717) is 22.2 Å². The predicted octanol–water partition coefficient (Wildman–Crippen LogP) is 4.26. The third-order valence-electron chi connectivity index (χ3n) is 5.24. The third-order valence-corrected chi connectivity index (χ3v) is 7.28. The van der Waals surface area contributed by atoms with E-state index in [1.54, 1.807) is 4.90 Å². The Labute approximate surface area is 191 Å². The lowest BCUT2D eigenvalue weighted by atomic mass is 9.96. The van der Waals surface area contributed by atoms with E-state index in [1.165, 1.54) is 11.3 Å². The first-order valence-electron chi connectivity index (χ1n) is 10.4. The number of benzene rings is 1. The number of ether oxygens (including phenoxy) is 1. The van der Waals surface area contributed by atoms with Crippen LogP contribution in [-0.4, -0.2) is 47.2 Å². The van der Waals surface area contributed by atoms with Crippen LogP contribution in [0.4, 0.5) is 4.79 Å². The number of nitrogens with zero attached hydrogens (tertiary/aromatic N) is 4. The average Bonchev–Trinajstić information content (AvgIpc) is 3.37. The number of thiazole rings is 1.